The maximum absolute atomic E-state index is 14.3. The van der Waals surface area contributed by atoms with Crippen LogP contribution in [-0.4, -0.2) is 18.0 Å². The fourth-order valence-electron chi connectivity index (χ4n) is 3.56. The Morgan fingerprint density at radius 1 is 0.939 bits per heavy atom. The van der Waals surface area contributed by atoms with Gasteiger partial charge >= 0.3 is 0 Å². The molecule has 0 aliphatic rings. The van der Waals surface area contributed by atoms with Gasteiger partial charge in [0.1, 0.15) is 11.1 Å². The molecule has 0 saturated heterocycles. The highest BCUT2D eigenvalue weighted by Crippen LogP contribution is 2.32. The molecule has 0 spiro atoms. The molecule has 1 aromatic heterocycles. The molecular formula is C24H18F4N2O3. The van der Waals surface area contributed by atoms with Gasteiger partial charge in [-0.3, -0.25) is 4.79 Å². The van der Waals surface area contributed by atoms with Gasteiger partial charge in [0.25, 0.3) is 5.91 Å². The minimum absolute atomic E-state index is 0.156. The van der Waals surface area contributed by atoms with Gasteiger partial charge < -0.3 is 14.5 Å². The van der Waals surface area contributed by atoms with Gasteiger partial charge in [-0.2, -0.15) is 8.78 Å². The molecule has 170 valence electrons. The molecule has 0 fully saturated rings. The van der Waals surface area contributed by atoms with Crippen molar-refractivity contribution in [1.29, 1.82) is 0 Å². The van der Waals surface area contributed by atoms with Crippen LogP contribution in [0.4, 0.5) is 23.2 Å². The molecule has 1 N–H and O–H groups in total. The van der Waals surface area contributed by atoms with Crippen molar-refractivity contribution >= 4 is 22.7 Å². The highest BCUT2D eigenvalue weighted by Gasteiger charge is 2.30. The van der Waals surface area contributed by atoms with Crippen molar-refractivity contribution in [1.82, 2.24) is 4.98 Å². The number of hydrogen-bond donors (Lipinski definition) is 1. The van der Waals surface area contributed by atoms with Crippen LogP contribution in [0.3, 0.4) is 0 Å². The lowest BCUT2D eigenvalue weighted by atomic mass is 10.1. The van der Waals surface area contributed by atoms with E-state index in [1.807, 2.05) is 26.0 Å². The molecule has 9 heteroatoms. The Hall–Kier alpha value is -3.88. The van der Waals surface area contributed by atoms with Gasteiger partial charge in [0, 0.05) is 11.3 Å². The zero-order chi connectivity index (χ0) is 24.0. The summed E-state index contributed by atoms with van der Waals surface area (Å²) in [6.45, 7) is 5.46. The number of anilines is 1. The van der Waals surface area contributed by atoms with Crippen LogP contribution in [0.5, 0.6) is 5.75 Å². The molecule has 0 bridgehead atoms. The first-order chi connectivity index (χ1) is 15.6. The first-order valence-electron chi connectivity index (χ1n) is 9.82. The van der Waals surface area contributed by atoms with Gasteiger partial charge in [0.05, 0.1) is 7.11 Å². The Kier molecular flexibility index (Phi) is 5.57. The number of oxazole rings is 1. The summed E-state index contributed by atoms with van der Waals surface area (Å²) in [6.07, 6.45) is 0. The Bertz CT molecular complexity index is 1400. The number of halogens is 4. The Morgan fingerprint density at radius 2 is 1.61 bits per heavy atom. The minimum Gasteiger partial charge on any atom is -0.491 e. The molecule has 4 aromatic rings. The van der Waals surface area contributed by atoms with E-state index in [1.165, 1.54) is 6.07 Å². The number of rotatable bonds is 4. The van der Waals surface area contributed by atoms with E-state index >= 15 is 0 Å². The van der Waals surface area contributed by atoms with Crippen LogP contribution in [0.15, 0.2) is 34.7 Å². The zero-order valence-electron chi connectivity index (χ0n) is 18.1. The molecule has 0 saturated carbocycles. The third kappa shape index (κ3) is 3.79. The fourth-order valence-corrected chi connectivity index (χ4v) is 3.56. The third-order valence-electron chi connectivity index (χ3n) is 5.21. The molecule has 1 amide bonds. The summed E-state index contributed by atoms with van der Waals surface area (Å²) in [5.74, 6) is -9.67. The molecule has 0 radical (unpaired) electrons. The monoisotopic (exact) mass is 458 g/mol. The first kappa shape index (κ1) is 22.3. The molecule has 3 aromatic carbocycles. The van der Waals surface area contributed by atoms with Crippen molar-refractivity contribution in [2.45, 2.75) is 20.8 Å². The summed E-state index contributed by atoms with van der Waals surface area (Å²) in [5.41, 5.74) is 2.95. The maximum Gasteiger partial charge on any atom is 0.261 e. The van der Waals surface area contributed by atoms with Crippen molar-refractivity contribution in [3.05, 3.63) is 75.9 Å². The van der Waals surface area contributed by atoms with Crippen LogP contribution in [-0.2, 0) is 0 Å². The standard InChI is InChI=1S/C24H18F4N2O3/c1-10-7-12(3)21-15(8-10)30-24(33-21)13-6-5-11(2)14(9-13)29-23(31)16-17(25)19(27)22(32-4)20(28)18(16)26/h5-9H,1-4H3,(H,29,31). The number of aryl methyl sites for hydroxylation is 3. The summed E-state index contributed by atoms with van der Waals surface area (Å²) < 4.78 is 66.9. The van der Waals surface area contributed by atoms with Crippen molar-refractivity contribution < 1.29 is 31.5 Å². The average Bonchev–Trinajstić information content (AvgIpc) is 3.19. The van der Waals surface area contributed by atoms with E-state index in [0.717, 1.165) is 18.2 Å². The molecule has 4 rings (SSSR count). The Morgan fingerprint density at radius 3 is 2.24 bits per heavy atom. The summed E-state index contributed by atoms with van der Waals surface area (Å²) in [6, 6.07) is 8.65. The van der Waals surface area contributed by atoms with Crippen LogP contribution in [0.1, 0.15) is 27.0 Å². The summed E-state index contributed by atoms with van der Waals surface area (Å²) in [7, 11) is 0.851. The number of ether oxygens (including phenoxy) is 1. The van der Waals surface area contributed by atoms with Crippen LogP contribution < -0.4 is 10.1 Å². The summed E-state index contributed by atoms with van der Waals surface area (Å²) in [4.78, 5) is 17.0. The lowest BCUT2D eigenvalue weighted by Gasteiger charge is -2.13. The molecule has 1 heterocycles. The molecule has 0 aliphatic heterocycles. The van der Waals surface area contributed by atoms with Crippen LogP contribution in [0.25, 0.3) is 22.6 Å². The molecule has 0 unspecified atom stereocenters. The third-order valence-corrected chi connectivity index (χ3v) is 5.21. The minimum atomic E-state index is -1.86. The van der Waals surface area contributed by atoms with Gasteiger partial charge in [0.15, 0.2) is 23.0 Å². The highest BCUT2D eigenvalue weighted by molar-refractivity contribution is 6.05. The number of aromatic nitrogens is 1. The van der Waals surface area contributed by atoms with Gasteiger partial charge in [-0.1, -0.05) is 12.1 Å². The van der Waals surface area contributed by atoms with Crippen molar-refractivity contribution in [2.24, 2.45) is 0 Å². The number of carbonyl (C=O) groups excluding carboxylic acids is 1. The Balaban J connectivity index is 1.73. The summed E-state index contributed by atoms with van der Waals surface area (Å²) >= 11 is 0. The van der Waals surface area contributed by atoms with E-state index < -0.39 is 40.5 Å². The predicted molar refractivity (Wildman–Crippen MR) is 114 cm³/mol. The van der Waals surface area contributed by atoms with Gasteiger partial charge in [0.2, 0.25) is 17.5 Å². The van der Waals surface area contributed by atoms with Gasteiger partial charge in [-0.15, -0.1) is 0 Å². The van der Waals surface area contributed by atoms with Crippen LogP contribution in [0, 0.1) is 44.0 Å². The van der Waals surface area contributed by atoms with E-state index in [2.05, 4.69) is 15.0 Å². The quantitative estimate of drug-likeness (QED) is 0.291. The van der Waals surface area contributed by atoms with Crippen molar-refractivity contribution in [3.63, 3.8) is 0 Å². The fraction of sp³-hybridized carbons (Fsp3) is 0.167. The van der Waals surface area contributed by atoms with E-state index in [9.17, 15) is 22.4 Å². The lowest BCUT2D eigenvalue weighted by molar-refractivity contribution is 0.101. The zero-order valence-corrected chi connectivity index (χ0v) is 18.1. The van der Waals surface area contributed by atoms with Gasteiger partial charge in [-0.25, -0.2) is 13.8 Å². The van der Waals surface area contributed by atoms with E-state index in [0.29, 0.717) is 22.2 Å². The van der Waals surface area contributed by atoms with Crippen LogP contribution >= 0.6 is 0 Å². The normalized spacial score (nSPS) is 11.2. The van der Waals surface area contributed by atoms with Crippen molar-refractivity contribution in [3.8, 4) is 17.2 Å². The lowest BCUT2D eigenvalue weighted by Crippen LogP contribution is -2.19. The highest BCUT2D eigenvalue weighted by atomic mass is 19.2. The van der Waals surface area contributed by atoms with E-state index in [1.54, 1.807) is 19.1 Å². The largest absolute Gasteiger partial charge is 0.491 e. The number of amides is 1. The number of methoxy groups -OCH3 is 1. The smallest absolute Gasteiger partial charge is 0.261 e. The summed E-state index contributed by atoms with van der Waals surface area (Å²) in [5, 5.41) is 2.30. The number of nitrogens with one attached hydrogen (secondary N) is 1. The molecule has 33 heavy (non-hydrogen) atoms. The molecule has 0 aliphatic carbocycles. The number of carbonyl (C=O) groups is 1. The second kappa shape index (κ2) is 8.23. The molecule has 0 atom stereocenters. The van der Waals surface area contributed by atoms with Gasteiger partial charge in [-0.05, 0) is 55.7 Å². The van der Waals surface area contributed by atoms with E-state index in [-0.39, 0.29) is 11.6 Å². The number of fused-ring (bicyclic) bond motifs is 1. The van der Waals surface area contributed by atoms with E-state index in [4.69, 9.17) is 4.42 Å². The second-order valence-corrected chi connectivity index (χ2v) is 7.60. The molecular weight excluding hydrogens is 440 g/mol. The topological polar surface area (TPSA) is 64.4 Å². The predicted octanol–water partition coefficient (Wildman–Crippen LogP) is 6.24. The number of nitrogens with zero attached hydrogens (tertiary/aromatic N) is 1. The van der Waals surface area contributed by atoms with Crippen LogP contribution in [0.2, 0.25) is 0 Å². The number of benzene rings is 3. The second-order valence-electron chi connectivity index (χ2n) is 7.60. The SMILES string of the molecule is COc1c(F)c(F)c(C(=O)Nc2cc(-c3nc4cc(C)cc(C)c4o3)ccc2C)c(F)c1F. The maximum atomic E-state index is 14.3. The first-order valence-corrected chi connectivity index (χ1v) is 9.82. The Labute approximate surface area is 186 Å². The van der Waals surface area contributed by atoms with Crippen molar-refractivity contribution in [2.75, 3.05) is 12.4 Å². The molecule has 5 nitrogen and oxygen atoms in total. The number of hydrogen-bond acceptors (Lipinski definition) is 4. The average molecular weight is 458 g/mol.